The van der Waals surface area contributed by atoms with Crippen LogP contribution in [0.5, 0.6) is 0 Å². The number of nitrogens with zero attached hydrogens (tertiary/aromatic N) is 2. The summed E-state index contributed by atoms with van der Waals surface area (Å²) in [4.78, 5) is 25.1. The highest BCUT2D eigenvalue weighted by Crippen LogP contribution is 2.69. The second-order valence-corrected chi connectivity index (χ2v) is 12.5. The quantitative estimate of drug-likeness (QED) is 0.162. The third-order valence-corrected chi connectivity index (χ3v) is 9.89. The second-order valence-electron chi connectivity index (χ2n) is 7.82. The van der Waals surface area contributed by atoms with Gasteiger partial charge < -0.3 is 9.47 Å². The minimum Gasteiger partial charge on any atom is -0.468 e. The van der Waals surface area contributed by atoms with E-state index in [0.29, 0.717) is 0 Å². The minimum absolute atomic E-state index is 0.0511. The third-order valence-electron chi connectivity index (χ3n) is 4.83. The van der Waals surface area contributed by atoms with Gasteiger partial charge in [-0.2, -0.15) is 0 Å². The highest BCUT2D eigenvalue weighted by Gasteiger charge is 2.48. The van der Waals surface area contributed by atoms with Crippen LogP contribution in [0, 0.1) is 11.8 Å². The fourth-order valence-corrected chi connectivity index (χ4v) is 8.47. The van der Waals surface area contributed by atoms with Crippen LogP contribution in [0.1, 0.15) is 27.7 Å². The summed E-state index contributed by atoms with van der Waals surface area (Å²) in [5.74, 6) is 0.0338. The Morgan fingerprint density at radius 3 is 1.24 bits per heavy atom. The highest BCUT2D eigenvalue weighted by atomic mass is 31.2. The van der Waals surface area contributed by atoms with Gasteiger partial charge in [0.2, 0.25) is 0 Å². The highest BCUT2D eigenvalue weighted by molar-refractivity contribution is 7.72. The molecule has 9 nitrogen and oxygen atoms in total. The number of hydrogen-bond donors (Lipinski definition) is 0. The van der Waals surface area contributed by atoms with E-state index in [4.69, 9.17) is 13.8 Å². The number of methoxy groups -OCH3 is 2. The second kappa shape index (κ2) is 13.8. The molecule has 0 rings (SSSR count). The van der Waals surface area contributed by atoms with E-state index in [9.17, 15) is 18.7 Å². The minimum atomic E-state index is -4.17. The van der Waals surface area contributed by atoms with E-state index in [1.807, 2.05) is 0 Å². The lowest BCUT2D eigenvalue weighted by Crippen LogP contribution is -2.45. The van der Waals surface area contributed by atoms with Gasteiger partial charge in [-0.1, -0.05) is 53.0 Å². The van der Waals surface area contributed by atoms with Gasteiger partial charge in [-0.05, 0) is 11.8 Å². The molecule has 0 unspecified atom stereocenters. The summed E-state index contributed by atoms with van der Waals surface area (Å²) < 4.78 is 46.3. The van der Waals surface area contributed by atoms with Crippen LogP contribution in [0.2, 0.25) is 0 Å². The zero-order chi connectivity index (χ0) is 26.0. The summed E-state index contributed by atoms with van der Waals surface area (Å²) in [5, 5.41) is 0. The van der Waals surface area contributed by atoms with Gasteiger partial charge in [0, 0.05) is 24.7 Å². The number of carbonyl (C=O) groups excluding carboxylic acids is 2. The van der Waals surface area contributed by atoms with Crippen LogP contribution in [0.15, 0.2) is 50.1 Å². The average molecular weight is 505 g/mol. The number of hydrogen-bond acceptors (Lipinski definition) is 7. The Balaban J connectivity index is 6.78. The molecule has 0 aliphatic carbocycles. The Morgan fingerprint density at radius 1 is 0.758 bits per heavy atom. The summed E-state index contributed by atoms with van der Waals surface area (Å²) in [6.45, 7) is 21.4. The van der Waals surface area contributed by atoms with E-state index in [1.165, 1.54) is 35.7 Å². The Bertz CT molecular complexity index is 760. The Kier molecular flexibility index (Phi) is 13.1. The van der Waals surface area contributed by atoms with Crippen molar-refractivity contribution in [3.05, 3.63) is 50.1 Å². The van der Waals surface area contributed by atoms with Gasteiger partial charge in [-0.25, -0.2) is 13.7 Å². The molecule has 0 heterocycles. The number of ether oxygens (including phenoxy) is 2. The van der Waals surface area contributed by atoms with Crippen molar-refractivity contribution in [1.82, 2.24) is 9.34 Å². The summed E-state index contributed by atoms with van der Waals surface area (Å²) in [6.07, 6.45) is 2.87. The lowest BCUT2D eigenvalue weighted by molar-refractivity contribution is -0.147. The van der Waals surface area contributed by atoms with Gasteiger partial charge in [0.15, 0.2) is 0 Å². The molecular formula is C22H38N2O7P2. The van der Waals surface area contributed by atoms with Gasteiger partial charge >= 0.3 is 27.0 Å². The van der Waals surface area contributed by atoms with Crippen LogP contribution in [0.3, 0.4) is 0 Å². The van der Waals surface area contributed by atoms with Gasteiger partial charge in [-0.3, -0.25) is 18.7 Å². The molecule has 0 radical (unpaired) electrons. The largest absolute Gasteiger partial charge is 0.468 e. The Hall–Kier alpha value is -1.76. The summed E-state index contributed by atoms with van der Waals surface area (Å²) in [5.41, 5.74) is 0. The molecule has 0 aromatic heterocycles. The van der Waals surface area contributed by atoms with Crippen molar-refractivity contribution in [3.8, 4) is 0 Å². The van der Waals surface area contributed by atoms with E-state index in [-0.39, 0.29) is 24.9 Å². The van der Waals surface area contributed by atoms with Crippen LogP contribution in [-0.2, 0) is 32.5 Å². The van der Waals surface area contributed by atoms with Crippen molar-refractivity contribution in [1.29, 1.82) is 0 Å². The molecule has 0 aromatic carbocycles. The van der Waals surface area contributed by atoms with Crippen LogP contribution in [0.4, 0.5) is 0 Å². The van der Waals surface area contributed by atoms with Gasteiger partial charge in [0.25, 0.3) is 0 Å². The first kappa shape index (κ1) is 31.2. The van der Waals surface area contributed by atoms with E-state index >= 15 is 0 Å². The maximum atomic E-state index is 14.1. The van der Waals surface area contributed by atoms with E-state index in [2.05, 4.69) is 26.3 Å². The maximum Gasteiger partial charge on any atom is 0.323 e. The predicted octanol–water partition coefficient (Wildman–Crippen LogP) is 5.05. The van der Waals surface area contributed by atoms with Crippen molar-refractivity contribution in [2.24, 2.45) is 11.8 Å². The molecule has 0 aromatic rings. The lowest BCUT2D eigenvalue weighted by Gasteiger charge is -2.40. The molecule has 0 fully saturated rings. The molecule has 0 saturated carbocycles. The topological polar surface area (TPSA) is 102 Å². The molecule has 0 saturated heterocycles. The zero-order valence-electron chi connectivity index (χ0n) is 20.5. The number of rotatable bonds is 16. The summed E-state index contributed by atoms with van der Waals surface area (Å²) >= 11 is 0. The van der Waals surface area contributed by atoms with Crippen LogP contribution in [0.25, 0.3) is 0 Å². The molecule has 33 heavy (non-hydrogen) atoms. The van der Waals surface area contributed by atoms with Gasteiger partial charge in [0.1, 0.15) is 12.1 Å². The number of esters is 2. The molecule has 4 atom stereocenters. The van der Waals surface area contributed by atoms with Crippen molar-refractivity contribution in [2.75, 3.05) is 27.3 Å². The van der Waals surface area contributed by atoms with Gasteiger partial charge in [-0.15, -0.1) is 13.2 Å². The van der Waals surface area contributed by atoms with Crippen molar-refractivity contribution in [3.63, 3.8) is 0 Å². The summed E-state index contributed by atoms with van der Waals surface area (Å²) in [7, 11) is -5.90. The normalized spacial score (nSPS) is 17.0. The first-order valence-electron chi connectivity index (χ1n) is 10.4. The van der Waals surface area contributed by atoms with Gasteiger partial charge in [0.05, 0.1) is 14.2 Å². The third kappa shape index (κ3) is 7.62. The Morgan fingerprint density at radius 2 is 1.06 bits per heavy atom. The van der Waals surface area contributed by atoms with E-state index in [0.717, 1.165) is 11.6 Å². The van der Waals surface area contributed by atoms with E-state index in [1.54, 1.807) is 27.7 Å². The van der Waals surface area contributed by atoms with E-state index < -0.39 is 39.1 Å². The van der Waals surface area contributed by atoms with Crippen LogP contribution in [-0.4, -0.2) is 60.7 Å². The molecule has 11 heteroatoms. The first-order chi connectivity index (χ1) is 15.3. The summed E-state index contributed by atoms with van der Waals surface area (Å²) in [6, 6.07) is -2.02. The predicted molar refractivity (Wildman–Crippen MR) is 132 cm³/mol. The molecule has 0 bridgehead atoms. The molecule has 0 aliphatic rings. The fraction of sp³-hybridized carbons (Fsp3) is 0.545. The average Bonchev–Trinajstić information content (AvgIpc) is 2.77. The van der Waals surface area contributed by atoms with Crippen LogP contribution >= 0.6 is 15.0 Å². The SMILES string of the molecule is C=CCN([C@H](C(=O)OC)C(C)C)[P@](=O)(C=C)O[P@@](=O)(C=C)N(CC=C)[C@H](C(=O)OC)C(C)C. The van der Waals surface area contributed by atoms with Crippen molar-refractivity contribution in [2.45, 2.75) is 39.8 Å². The zero-order valence-corrected chi connectivity index (χ0v) is 22.3. The smallest absolute Gasteiger partial charge is 0.323 e. The first-order valence-corrected chi connectivity index (χ1v) is 13.7. The molecule has 188 valence electrons. The fourth-order valence-electron chi connectivity index (χ4n) is 3.32. The Labute approximate surface area is 198 Å². The monoisotopic (exact) mass is 504 g/mol. The lowest BCUT2D eigenvalue weighted by atomic mass is 10.0. The maximum absolute atomic E-state index is 14.1. The molecule has 0 N–H and O–H groups in total. The van der Waals surface area contributed by atoms with Crippen molar-refractivity contribution < 1.29 is 32.5 Å². The van der Waals surface area contributed by atoms with Crippen molar-refractivity contribution >= 4 is 27.0 Å². The van der Waals surface area contributed by atoms with Crippen LogP contribution < -0.4 is 0 Å². The molecule has 0 spiro atoms. The number of carbonyl (C=O) groups is 2. The molecule has 0 amide bonds. The standard InChI is InChI=1S/C22H38N2O7P2/c1-11-15-23(19(17(5)6)21(25)29-9)32(27,13-3)31-33(28,14-4)24(16-12-2)20(18(7)8)22(26)30-10/h11-14,17-20H,1-4,15-16H2,5-10H3/t19-,20-,32-,33-/m0/s1. The molecule has 0 aliphatic heterocycles. The molecular weight excluding hydrogens is 466 g/mol.